The van der Waals surface area contributed by atoms with Crippen LogP contribution in [0.4, 0.5) is 0 Å². The summed E-state index contributed by atoms with van der Waals surface area (Å²) in [4.78, 5) is 13.9. The molecule has 2 heterocycles. The Labute approximate surface area is 104 Å². The van der Waals surface area contributed by atoms with Crippen LogP contribution in [-0.2, 0) is 9.53 Å². The normalized spacial score (nSPS) is 31.2. The second kappa shape index (κ2) is 5.83. The van der Waals surface area contributed by atoms with Crippen molar-refractivity contribution in [2.45, 2.75) is 32.2 Å². The van der Waals surface area contributed by atoms with E-state index >= 15 is 0 Å². The van der Waals surface area contributed by atoms with Crippen LogP contribution in [0.3, 0.4) is 0 Å². The summed E-state index contributed by atoms with van der Waals surface area (Å²) in [5.41, 5.74) is 0. The number of carbonyl (C=O) groups excluding carboxylic acids is 1. The fraction of sp³-hybridized carbons (Fsp3) is 0.923. The van der Waals surface area contributed by atoms with Crippen LogP contribution in [0.1, 0.15) is 26.2 Å². The lowest BCUT2D eigenvalue weighted by atomic mass is 9.98. The SMILES string of the molecule is CCC1CC(=O)N(CC(NC)C2CCOC2)C1. The highest BCUT2D eigenvalue weighted by atomic mass is 16.5. The maximum absolute atomic E-state index is 11.9. The summed E-state index contributed by atoms with van der Waals surface area (Å²) in [5, 5.41) is 3.35. The second-order valence-corrected chi connectivity index (χ2v) is 5.30. The maximum Gasteiger partial charge on any atom is 0.222 e. The molecular weight excluding hydrogens is 216 g/mol. The molecule has 2 saturated heterocycles. The third kappa shape index (κ3) is 2.99. The number of amides is 1. The molecule has 2 aliphatic rings. The van der Waals surface area contributed by atoms with Gasteiger partial charge in [0.25, 0.3) is 0 Å². The van der Waals surface area contributed by atoms with E-state index in [1.165, 1.54) is 0 Å². The van der Waals surface area contributed by atoms with E-state index in [9.17, 15) is 4.79 Å². The van der Waals surface area contributed by atoms with Crippen molar-refractivity contribution in [2.24, 2.45) is 11.8 Å². The predicted octanol–water partition coefficient (Wildman–Crippen LogP) is 0.869. The Balaban J connectivity index is 1.87. The first-order valence-corrected chi connectivity index (χ1v) is 6.77. The standard InChI is InChI=1S/C13H24N2O2/c1-3-10-6-13(16)15(7-10)8-12(14-2)11-4-5-17-9-11/h10-12,14H,3-9H2,1-2H3. The van der Waals surface area contributed by atoms with E-state index in [2.05, 4.69) is 12.2 Å². The Morgan fingerprint density at radius 2 is 2.41 bits per heavy atom. The van der Waals surface area contributed by atoms with Gasteiger partial charge in [-0.25, -0.2) is 0 Å². The minimum atomic E-state index is 0.330. The van der Waals surface area contributed by atoms with Crippen LogP contribution in [0.25, 0.3) is 0 Å². The highest BCUT2D eigenvalue weighted by molar-refractivity contribution is 5.78. The molecule has 0 aromatic carbocycles. The fourth-order valence-corrected chi connectivity index (χ4v) is 2.89. The van der Waals surface area contributed by atoms with Gasteiger partial charge >= 0.3 is 0 Å². The topological polar surface area (TPSA) is 41.6 Å². The Kier molecular flexibility index (Phi) is 4.40. The van der Waals surface area contributed by atoms with Crippen molar-refractivity contribution >= 4 is 5.91 Å². The van der Waals surface area contributed by atoms with Crippen LogP contribution in [0, 0.1) is 11.8 Å². The highest BCUT2D eigenvalue weighted by Gasteiger charge is 2.32. The van der Waals surface area contributed by atoms with Gasteiger partial charge in [0.2, 0.25) is 5.91 Å². The molecule has 4 heteroatoms. The predicted molar refractivity (Wildman–Crippen MR) is 66.8 cm³/mol. The Morgan fingerprint density at radius 1 is 1.59 bits per heavy atom. The number of likely N-dealkylation sites (N-methyl/N-ethyl adjacent to an activating group) is 1. The molecule has 2 fully saturated rings. The molecule has 0 bridgehead atoms. The van der Waals surface area contributed by atoms with Crippen LogP contribution >= 0.6 is 0 Å². The summed E-state index contributed by atoms with van der Waals surface area (Å²) in [5.74, 6) is 1.46. The number of nitrogens with zero attached hydrogens (tertiary/aromatic N) is 1. The van der Waals surface area contributed by atoms with Crippen molar-refractivity contribution in [1.82, 2.24) is 10.2 Å². The molecule has 0 radical (unpaired) electrons. The molecule has 0 spiro atoms. The molecule has 1 amide bonds. The van der Waals surface area contributed by atoms with E-state index in [0.717, 1.165) is 45.6 Å². The first-order valence-electron chi connectivity index (χ1n) is 6.77. The quantitative estimate of drug-likeness (QED) is 0.775. The Hall–Kier alpha value is -0.610. The molecular formula is C13H24N2O2. The van der Waals surface area contributed by atoms with E-state index in [-0.39, 0.29) is 0 Å². The van der Waals surface area contributed by atoms with Crippen molar-refractivity contribution in [3.05, 3.63) is 0 Å². The summed E-state index contributed by atoms with van der Waals surface area (Å²) in [6.45, 7) is 5.67. The monoisotopic (exact) mass is 240 g/mol. The fourth-order valence-electron chi connectivity index (χ4n) is 2.89. The smallest absolute Gasteiger partial charge is 0.222 e. The van der Waals surface area contributed by atoms with Crippen molar-refractivity contribution < 1.29 is 9.53 Å². The summed E-state index contributed by atoms with van der Waals surface area (Å²) in [6.07, 6.45) is 2.97. The van der Waals surface area contributed by atoms with Gasteiger partial charge in [0, 0.05) is 38.1 Å². The Morgan fingerprint density at radius 3 is 2.94 bits per heavy atom. The summed E-state index contributed by atoms with van der Waals surface area (Å²) < 4.78 is 5.43. The van der Waals surface area contributed by atoms with Gasteiger partial charge in [0.1, 0.15) is 0 Å². The lowest BCUT2D eigenvalue weighted by Gasteiger charge is -2.27. The van der Waals surface area contributed by atoms with Gasteiger partial charge in [-0.15, -0.1) is 0 Å². The first-order chi connectivity index (χ1) is 8.24. The first kappa shape index (κ1) is 12.8. The number of nitrogens with one attached hydrogen (secondary N) is 1. The molecule has 98 valence electrons. The minimum Gasteiger partial charge on any atom is -0.381 e. The van der Waals surface area contributed by atoms with Gasteiger partial charge in [-0.1, -0.05) is 13.3 Å². The lowest BCUT2D eigenvalue weighted by molar-refractivity contribution is -0.128. The van der Waals surface area contributed by atoms with E-state index in [0.29, 0.717) is 23.8 Å². The van der Waals surface area contributed by atoms with Crippen LogP contribution < -0.4 is 5.32 Å². The van der Waals surface area contributed by atoms with E-state index < -0.39 is 0 Å². The lowest BCUT2D eigenvalue weighted by Crippen LogP contribution is -2.45. The van der Waals surface area contributed by atoms with Crippen molar-refractivity contribution in [1.29, 1.82) is 0 Å². The van der Waals surface area contributed by atoms with Crippen LogP contribution in [-0.4, -0.2) is 50.2 Å². The van der Waals surface area contributed by atoms with Gasteiger partial charge in [0.05, 0.1) is 6.61 Å². The van der Waals surface area contributed by atoms with Crippen LogP contribution in [0.2, 0.25) is 0 Å². The number of rotatable bonds is 5. The summed E-state index contributed by atoms with van der Waals surface area (Å²) in [7, 11) is 1.99. The maximum atomic E-state index is 11.9. The molecule has 0 aromatic rings. The number of carbonyl (C=O) groups is 1. The van der Waals surface area contributed by atoms with E-state index in [1.54, 1.807) is 0 Å². The van der Waals surface area contributed by atoms with Gasteiger partial charge < -0.3 is 15.0 Å². The number of hydrogen-bond acceptors (Lipinski definition) is 3. The van der Waals surface area contributed by atoms with Crippen LogP contribution in [0.15, 0.2) is 0 Å². The molecule has 3 atom stereocenters. The molecule has 3 unspecified atom stereocenters. The average molecular weight is 240 g/mol. The van der Waals surface area contributed by atoms with Crippen LogP contribution in [0.5, 0.6) is 0 Å². The number of ether oxygens (including phenoxy) is 1. The molecule has 0 aromatic heterocycles. The number of likely N-dealkylation sites (tertiary alicyclic amines) is 1. The van der Waals surface area contributed by atoms with Crippen molar-refractivity contribution in [2.75, 3.05) is 33.4 Å². The molecule has 0 aliphatic carbocycles. The average Bonchev–Trinajstić information content (AvgIpc) is 2.96. The molecule has 2 rings (SSSR count). The molecule has 2 aliphatic heterocycles. The van der Waals surface area contributed by atoms with Gasteiger partial charge in [-0.2, -0.15) is 0 Å². The third-order valence-corrected chi connectivity index (χ3v) is 4.19. The van der Waals surface area contributed by atoms with Gasteiger partial charge in [-0.3, -0.25) is 4.79 Å². The van der Waals surface area contributed by atoms with E-state index in [4.69, 9.17) is 4.74 Å². The summed E-state index contributed by atoms with van der Waals surface area (Å²) >= 11 is 0. The molecule has 0 saturated carbocycles. The zero-order chi connectivity index (χ0) is 12.3. The number of hydrogen-bond donors (Lipinski definition) is 1. The molecule has 17 heavy (non-hydrogen) atoms. The molecule has 4 nitrogen and oxygen atoms in total. The zero-order valence-electron chi connectivity index (χ0n) is 10.9. The van der Waals surface area contributed by atoms with E-state index in [1.807, 2.05) is 11.9 Å². The minimum absolute atomic E-state index is 0.330. The zero-order valence-corrected chi connectivity index (χ0v) is 10.9. The van der Waals surface area contributed by atoms with Gasteiger partial charge in [0.15, 0.2) is 0 Å². The van der Waals surface area contributed by atoms with Crippen molar-refractivity contribution in [3.8, 4) is 0 Å². The van der Waals surface area contributed by atoms with Crippen molar-refractivity contribution in [3.63, 3.8) is 0 Å². The second-order valence-electron chi connectivity index (χ2n) is 5.30. The highest BCUT2D eigenvalue weighted by Crippen LogP contribution is 2.23. The Bertz CT molecular complexity index is 264. The third-order valence-electron chi connectivity index (χ3n) is 4.19. The van der Waals surface area contributed by atoms with Gasteiger partial charge in [-0.05, 0) is 19.4 Å². The molecule has 1 N–H and O–H groups in total. The largest absolute Gasteiger partial charge is 0.381 e. The summed E-state index contributed by atoms with van der Waals surface area (Å²) in [6, 6.07) is 0.386.